The summed E-state index contributed by atoms with van der Waals surface area (Å²) in [5, 5.41) is 17.5. The summed E-state index contributed by atoms with van der Waals surface area (Å²) in [6.45, 7) is 4.62. The van der Waals surface area contributed by atoms with Crippen molar-refractivity contribution < 1.29 is 13.9 Å². The minimum Gasteiger partial charge on any atom is -0.364 e. The van der Waals surface area contributed by atoms with Crippen LogP contribution in [0.1, 0.15) is 37.0 Å². The minimum atomic E-state index is -2.49. The third kappa shape index (κ3) is 4.23. The Kier molecular flexibility index (Phi) is 6.76. The van der Waals surface area contributed by atoms with Crippen LogP contribution in [0.15, 0.2) is 46.2 Å². The maximum absolute atomic E-state index is 12.5. The van der Waals surface area contributed by atoms with E-state index in [2.05, 4.69) is 15.6 Å². The van der Waals surface area contributed by atoms with E-state index < -0.39 is 15.2 Å². The fraction of sp³-hybridized carbons (Fsp3) is 0.412. The molecule has 2 rings (SSSR count). The van der Waals surface area contributed by atoms with E-state index in [0.717, 1.165) is 12.8 Å². The van der Waals surface area contributed by atoms with Gasteiger partial charge in [0.1, 0.15) is 0 Å². The van der Waals surface area contributed by atoms with Crippen molar-refractivity contribution in [1.82, 2.24) is 10.6 Å². The molecule has 1 heterocycles. The molecule has 1 aromatic rings. The van der Waals surface area contributed by atoms with Crippen molar-refractivity contribution in [2.45, 2.75) is 26.7 Å². The number of unbranched alkanes of at least 4 members (excludes halogenated alkanes) is 1. The van der Waals surface area contributed by atoms with Gasteiger partial charge in [0.2, 0.25) is 5.82 Å². The van der Waals surface area contributed by atoms with Gasteiger partial charge in [-0.2, -0.15) is 4.99 Å². The third-order valence-corrected chi connectivity index (χ3v) is 6.47. The van der Waals surface area contributed by atoms with Gasteiger partial charge in [-0.05, 0) is 25.5 Å². The number of rotatable bonds is 8. The summed E-state index contributed by atoms with van der Waals surface area (Å²) in [6.07, 6.45) is 3.44. The Balaban J connectivity index is 2.33. The first kappa shape index (κ1) is 19.9. The van der Waals surface area contributed by atoms with Crippen LogP contribution in [0.5, 0.6) is 0 Å². The maximum Gasteiger partial charge on any atom is 0.356 e. The molecule has 1 aliphatic heterocycles. The lowest BCUT2D eigenvalue weighted by molar-refractivity contribution is -0.413. The summed E-state index contributed by atoms with van der Waals surface area (Å²) in [6, 6.07) is 8.64. The van der Waals surface area contributed by atoms with E-state index in [9.17, 15) is 14.9 Å². The summed E-state index contributed by atoms with van der Waals surface area (Å²) in [5.41, 5.74) is 0.448. The number of nitro groups is 1. The highest BCUT2D eigenvalue weighted by molar-refractivity contribution is 8.44. The Morgan fingerprint density at radius 3 is 2.58 bits per heavy atom. The van der Waals surface area contributed by atoms with E-state index in [0.29, 0.717) is 12.1 Å². The zero-order chi connectivity index (χ0) is 19.2. The fourth-order valence-electron chi connectivity index (χ4n) is 2.47. The molecule has 0 aromatic heterocycles. The predicted molar refractivity (Wildman–Crippen MR) is 103 cm³/mol. The maximum atomic E-state index is 12.5. The quantitative estimate of drug-likeness (QED) is 0.410. The molecule has 0 saturated heterocycles. The molecule has 0 spiro atoms. The lowest BCUT2D eigenvalue weighted by Crippen LogP contribution is -2.34. The van der Waals surface area contributed by atoms with Crippen molar-refractivity contribution in [1.29, 1.82) is 0 Å². The highest BCUT2D eigenvalue weighted by Crippen LogP contribution is 2.58. The van der Waals surface area contributed by atoms with Crippen molar-refractivity contribution in [3.05, 3.63) is 56.9 Å². The van der Waals surface area contributed by atoms with Crippen LogP contribution in [-0.2, 0) is 4.18 Å². The number of benzene rings is 1. The van der Waals surface area contributed by atoms with E-state index >= 15 is 0 Å². The zero-order valence-corrected chi connectivity index (χ0v) is 16.0. The first-order chi connectivity index (χ1) is 12.4. The minimum absolute atomic E-state index is 0.112. The van der Waals surface area contributed by atoms with Crippen LogP contribution in [-0.4, -0.2) is 35.4 Å². The van der Waals surface area contributed by atoms with Crippen molar-refractivity contribution in [2.75, 3.05) is 19.4 Å². The molecular weight excluding hydrogens is 356 g/mol. The molecule has 1 atom stereocenters. The van der Waals surface area contributed by atoms with Crippen LogP contribution in [0.3, 0.4) is 0 Å². The molecule has 0 aliphatic carbocycles. The van der Waals surface area contributed by atoms with Crippen molar-refractivity contribution in [3.63, 3.8) is 0 Å². The van der Waals surface area contributed by atoms with E-state index in [4.69, 9.17) is 4.18 Å². The number of hydrogen-bond donors (Lipinski definition) is 2. The van der Waals surface area contributed by atoms with Crippen LogP contribution in [0.2, 0.25) is 0 Å². The van der Waals surface area contributed by atoms with E-state index in [-0.39, 0.29) is 28.5 Å². The second-order valence-corrected chi connectivity index (χ2v) is 8.37. The third-order valence-electron chi connectivity index (χ3n) is 3.75. The first-order valence-electron chi connectivity index (χ1n) is 8.44. The topological polar surface area (TPSA) is 106 Å². The molecule has 1 aliphatic rings. The molecular formula is C17H24N4O4S. The average molecular weight is 380 g/mol. The average Bonchev–Trinajstić information content (AvgIpc) is 2.88. The molecule has 142 valence electrons. The molecule has 9 heteroatoms. The van der Waals surface area contributed by atoms with Gasteiger partial charge in [-0.25, -0.2) is 0 Å². The largest absolute Gasteiger partial charge is 0.364 e. The van der Waals surface area contributed by atoms with E-state index in [1.165, 1.54) is 0 Å². The Morgan fingerprint density at radius 1 is 1.31 bits per heavy atom. The first-order valence-corrected chi connectivity index (χ1v) is 10.4. The van der Waals surface area contributed by atoms with Crippen LogP contribution in [0.25, 0.3) is 0 Å². The number of nitrogens with one attached hydrogen (secondary N) is 2. The highest BCUT2D eigenvalue weighted by atomic mass is 32.3. The normalized spacial score (nSPS) is 21.7. The van der Waals surface area contributed by atoms with Crippen LogP contribution < -0.4 is 10.6 Å². The summed E-state index contributed by atoms with van der Waals surface area (Å²) < 4.78 is 5.75. The molecule has 2 N–H and O–H groups in total. The van der Waals surface area contributed by atoms with Gasteiger partial charge in [-0.3, -0.25) is 14.9 Å². The van der Waals surface area contributed by atoms with Gasteiger partial charge in [-0.15, -0.1) is 0 Å². The summed E-state index contributed by atoms with van der Waals surface area (Å²) in [4.78, 5) is 28.0. The van der Waals surface area contributed by atoms with Gasteiger partial charge in [0, 0.05) is 28.7 Å². The molecule has 0 radical (unpaired) electrons. The lowest BCUT2D eigenvalue weighted by Gasteiger charge is -2.28. The number of amidine groups is 1. The Labute approximate surface area is 154 Å². The van der Waals surface area contributed by atoms with Crippen LogP contribution in [0.4, 0.5) is 0 Å². The number of hydrogen-bond acceptors (Lipinski definition) is 6. The van der Waals surface area contributed by atoms with Crippen molar-refractivity contribution in [3.8, 4) is 0 Å². The summed E-state index contributed by atoms with van der Waals surface area (Å²) in [5.74, 6) is -0.210. The Bertz CT molecular complexity index is 736. The lowest BCUT2D eigenvalue weighted by atomic mass is 10.2. The summed E-state index contributed by atoms with van der Waals surface area (Å²) in [7, 11) is -2.49. The second kappa shape index (κ2) is 8.81. The molecule has 26 heavy (non-hydrogen) atoms. The Hall–Kier alpha value is -2.39. The number of carbonyl (C=O) groups excluding carboxylic acids is 1. The molecule has 0 saturated carbocycles. The SMILES string of the molecule is CCCCNC1=C([N+](=O)[O-])S(C)(OCC)C(NC(=O)c2ccccc2)=N1. The smallest absolute Gasteiger partial charge is 0.356 e. The van der Waals surface area contributed by atoms with Gasteiger partial charge in [0.25, 0.3) is 5.91 Å². The second-order valence-electron chi connectivity index (χ2n) is 5.68. The zero-order valence-electron chi connectivity index (χ0n) is 15.2. The number of nitrogens with zero attached hydrogens (tertiary/aromatic N) is 2. The van der Waals surface area contributed by atoms with Gasteiger partial charge in [-0.1, -0.05) is 31.5 Å². The highest BCUT2D eigenvalue weighted by Gasteiger charge is 2.48. The summed E-state index contributed by atoms with van der Waals surface area (Å²) >= 11 is 0. The van der Waals surface area contributed by atoms with E-state index in [1.54, 1.807) is 37.4 Å². The molecule has 0 bridgehead atoms. The number of aliphatic imine (C=N–C) groups is 1. The Morgan fingerprint density at radius 2 is 2.00 bits per heavy atom. The number of amides is 1. The van der Waals surface area contributed by atoms with Gasteiger partial charge in [0.15, 0.2) is 5.17 Å². The van der Waals surface area contributed by atoms with Crippen LogP contribution in [0, 0.1) is 10.1 Å². The van der Waals surface area contributed by atoms with Gasteiger partial charge < -0.3 is 14.8 Å². The monoisotopic (exact) mass is 380 g/mol. The van der Waals surface area contributed by atoms with Crippen molar-refractivity contribution in [2.24, 2.45) is 4.99 Å². The van der Waals surface area contributed by atoms with E-state index in [1.807, 2.05) is 13.0 Å². The number of carbonyl (C=O) groups is 1. The molecule has 1 amide bonds. The van der Waals surface area contributed by atoms with Gasteiger partial charge >= 0.3 is 5.03 Å². The molecule has 0 fully saturated rings. The van der Waals surface area contributed by atoms with Crippen molar-refractivity contribution >= 4 is 21.4 Å². The predicted octanol–water partition coefficient (Wildman–Crippen LogP) is 2.96. The van der Waals surface area contributed by atoms with Gasteiger partial charge in [0.05, 0.1) is 11.5 Å². The standard InChI is InChI=1S/C17H24N4O4S/c1-4-6-12-18-14-16(21(23)24)26(3,25-5-2)17(19-14)20-15(22)13-10-8-7-9-11-13/h7-11,18H,4-6,12H2,1-3H3,(H,19,20,22). The fourth-order valence-corrected chi connectivity index (χ4v) is 4.67. The van der Waals surface area contributed by atoms with Crippen LogP contribution >= 0.6 is 10.3 Å². The molecule has 8 nitrogen and oxygen atoms in total. The molecule has 1 unspecified atom stereocenters. The molecule has 1 aromatic carbocycles.